The summed E-state index contributed by atoms with van der Waals surface area (Å²) >= 11 is 8.91. The number of carbonyl (C=O) groups is 1. The molecule has 0 saturated heterocycles. The van der Waals surface area contributed by atoms with E-state index in [1.807, 2.05) is 29.6 Å². The highest BCUT2D eigenvalue weighted by atomic mass is 79.9. The molecule has 0 radical (unpaired) electrons. The van der Waals surface area contributed by atoms with Crippen molar-refractivity contribution in [1.82, 2.24) is 0 Å². The van der Waals surface area contributed by atoms with E-state index in [0.29, 0.717) is 5.75 Å². The monoisotopic (exact) mass is 401 g/mol. The van der Waals surface area contributed by atoms with Crippen LogP contribution in [0.3, 0.4) is 0 Å². The average molecular weight is 403 g/mol. The molecule has 0 bridgehead atoms. The van der Waals surface area contributed by atoms with Crippen LogP contribution in [0.15, 0.2) is 34.1 Å². The molecule has 2 aromatic rings. The lowest BCUT2D eigenvalue weighted by molar-refractivity contribution is -0.118. The number of amides is 1. The standard InChI is InChI=1S/C13H9Br2NO2S/c14-8-3-4-19-13(8)12(15)7-1-2-10-9(5-7)16-11(17)6-18-10/h1-5,12H,6H2,(H,16,17). The van der Waals surface area contributed by atoms with Crippen LogP contribution in [0, 0.1) is 0 Å². The van der Waals surface area contributed by atoms with Gasteiger partial charge in [-0.3, -0.25) is 4.79 Å². The van der Waals surface area contributed by atoms with Crippen molar-refractivity contribution in [3.05, 3.63) is 44.6 Å². The fourth-order valence-corrected chi connectivity index (χ4v) is 4.66. The molecule has 98 valence electrons. The van der Waals surface area contributed by atoms with Crippen molar-refractivity contribution in [1.29, 1.82) is 0 Å². The summed E-state index contributed by atoms with van der Waals surface area (Å²) in [5, 5.41) is 4.86. The van der Waals surface area contributed by atoms with E-state index in [1.165, 1.54) is 4.88 Å². The van der Waals surface area contributed by atoms with Gasteiger partial charge >= 0.3 is 0 Å². The minimum atomic E-state index is -0.118. The number of carbonyl (C=O) groups excluding carboxylic acids is 1. The lowest BCUT2D eigenvalue weighted by Crippen LogP contribution is -2.25. The van der Waals surface area contributed by atoms with E-state index >= 15 is 0 Å². The summed E-state index contributed by atoms with van der Waals surface area (Å²) < 4.78 is 6.43. The van der Waals surface area contributed by atoms with Crippen LogP contribution in [-0.2, 0) is 4.79 Å². The molecular formula is C13H9Br2NO2S. The average Bonchev–Trinajstić information content (AvgIpc) is 2.83. The Morgan fingerprint density at radius 3 is 2.95 bits per heavy atom. The van der Waals surface area contributed by atoms with Crippen molar-refractivity contribution in [2.45, 2.75) is 4.83 Å². The Morgan fingerprint density at radius 1 is 1.37 bits per heavy atom. The number of anilines is 1. The maximum atomic E-state index is 11.3. The van der Waals surface area contributed by atoms with E-state index in [9.17, 15) is 4.79 Å². The van der Waals surface area contributed by atoms with Crippen LogP contribution in [0.25, 0.3) is 0 Å². The summed E-state index contributed by atoms with van der Waals surface area (Å²) in [5.74, 6) is 0.598. The zero-order chi connectivity index (χ0) is 13.4. The summed E-state index contributed by atoms with van der Waals surface area (Å²) in [7, 11) is 0. The summed E-state index contributed by atoms with van der Waals surface area (Å²) in [4.78, 5) is 12.6. The van der Waals surface area contributed by atoms with E-state index in [0.717, 1.165) is 15.7 Å². The van der Waals surface area contributed by atoms with Crippen molar-refractivity contribution in [2.75, 3.05) is 11.9 Å². The number of benzene rings is 1. The first-order chi connectivity index (χ1) is 9.15. The molecule has 3 rings (SSSR count). The zero-order valence-electron chi connectivity index (χ0n) is 9.65. The van der Waals surface area contributed by atoms with Crippen LogP contribution < -0.4 is 10.1 Å². The second-order valence-corrected chi connectivity index (χ2v) is 6.81. The second kappa shape index (κ2) is 5.26. The van der Waals surface area contributed by atoms with Gasteiger partial charge in [0.1, 0.15) is 5.75 Å². The molecule has 1 amide bonds. The molecule has 0 fully saturated rings. The normalized spacial score (nSPS) is 15.4. The number of halogens is 2. The number of rotatable bonds is 2. The number of nitrogens with one attached hydrogen (secondary N) is 1. The van der Waals surface area contributed by atoms with E-state index in [1.54, 1.807) is 11.3 Å². The van der Waals surface area contributed by atoms with Crippen molar-refractivity contribution in [3.63, 3.8) is 0 Å². The molecule has 1 aromatic heterocycles. The van der Waals surface area contributed by atoms with Gasteiger partial charge in [0.2, 0.25) is 0 Å². The van der Waals surface area contributed by atoms with Gasteiger partial charge in [0.15, 0.2) is 6.61 Å². The first-order valence-electron chi connectivity index (χ1n) is 5.58. The van der Waals surface area contributed by atoms with E-state index in [2.05, 4.69) is 37.2 Å². The molecule has 1 unspecified atom stereocenters. The molecule has 2 heterocycles. The Kier molecular flexibility index (Phi) is 3.64. The molecule has 1 aromatic carbocycles. The highest BCUT2D eigenvalue weighted by molar-refractivity contribution is 9.11. The van der Waals surface area contributed by atoms with Gasteiger partial charge in [0.05, 0.1) is 10.5 Å². The lowest BCUT2D eigenvalue weighted by atomic mass is 10.1. The highest BCUT2D eigenvalue weighted by Crippen LogP contribution is 2.41. The quantitative estimate of drug-likeness (QED) is 0.759. The maximum Gasteiger partial charge on any atom is 0.262 e. The van der Waals surface area contributed by atoms with Crippen LogP contribution in [0.1, 0.15) is 15.3 Å². The number of alkyl halides is 1. The SMILES string of the molecule is O=C1COc2ccc(C(Br)c3sccc3Br)cc2N1. The third kappa shape index (κ3) is 2.57. The molecule has 1 atom stereocenters. The van der Waals surface area contributed by atoms with Gasteiger partial charge in [0, 0.05) is 9.35 Å². The lowest BCUT2D eigenvalue weighted by Gasteiger charge is -2.19. The van der Waals surface area contributed by atoms with Crippen LogP contribution in [-0.4, -0.2) is 12.5 Å². The first-order valence-corrected chi connectivity index (χ1v) is 8.17. The van der Waals surface area contributed by atoms with E-state index in [4.69, 9.17) is 4.74 Å². The predicted molar refractivity (Wildman–Crippen MR) is 83.4 cm³/mol. The predicted octanol–water partition coefficient (Wildman–Crippen LogP) is 4.33. The van der Waals surface area contributed by atoms with E-state index < -0.39 is 0 Å². The Morgan fingerprint density at radius 2 is 2.21 bits per heavy atom. The van der Waals surface area contributed by atoms with Crippen molar-refractivity contribution < 1.29 is 9.53 Å². The van der Waals surface area contributed by atoms with Crippen molar-refractivity contribution in [3.8, 4) is 5.75 Å². The number of hydrogen-bond donors (Lipinski definition) is 1. The summed E-state index contributed by atoms with van der Waals surface area (Å²) in [6.45, 7) is 0.0839. The van der Waals surface area contributed by atoms with Crippen LogP contribution >= 0.6 is 43.2 Å². The topological polar surface area (TPSA) is 38.3 Å². The Balaban J connectivity index is 1.96. The Bertz CT molecular complexity index is 641. The van der Waals surface area contributed by atoms with Gasteiger partial charge < -0.3 is 10.1 Å². The molecule has 0 spiro atoms. The third-order valence-corrected chi connectivity index (χ3v) is 6.03. The van der Waals surface area contributed by atoms with Crippen LogP contribution in [0.4, 0.5) is 5.69 Å². The second-order valence-electron chi connectivity index (χ2n) is 4.09. The van der Waals surface area contributed by atoms with Gasteiger partial charge in [-0.2, -0.15) is 0 Å². The summed E-state index contributed by atoms with van der Waals surface area (Å²) in [6, 6.07) is 7.86. The molecule has 6 heteroatoms. The molecule has 0 aliphatic carbocycles. The smallest absolute Gasteiger partial charge is 0.262 e. The van der Waals surface area contributed by atoms with Gasteiger partial charge in [0.25, 0.3) is 5.91 Å². The Labute approximate surface area is 131 Å². The van der Waals surface area contributed by atoms with Gasteiger partial charge in [-0.15, -0.1) is 11.3 Å². The Hall–Kier alpha value is -0.850. The van der Waals surface area contributed by atoms with E-state index in [-0.39, 0.29) is 17.3 Å². The van der Waals surface area contributed by atoms with Crippen molar-refractivity contribution in [2.24, 2.45) is 0 Å². The third-order valence-electron chi connectivity index (χ3n) is 2.80. The molecule has 1 aliphatic rings. The minimum Gasteiger partial charge on any atom is -0.482 e. The molecule has 1 aliphatic heterocycles. The highest BCUT2D eigenvalue weighted by Gasteiger charge is 2.20. The molecular weight excluding hydrogens is 394 g/mol. The number of thiophene rings is 1. The number of ether oxygens (including phenoxy) is 1. The van der Waals surface area contributed by atoms with Crippen LogP contribution in [0.2, 0.25) is 0 Å². The summed E-state index contributed by atoms with van der Waals surface area (Å²) in [5.41, 5.74) is 1.80. The maximum absolute atomic E-state index is 11.3. The first kappa shape index (κ1) is 13.1. The number of fused-ring (bicyclic) bond motifs is 1. The number of hydrogen-bond acceptors (Lipinski definition) is 3. The van der Waals surface area contributed by atoms with Gasteiger partial charge in [-0.25, -0.2) is 0 Å². The van der Waals surface area contributed by atoms with Crippen molar-refractivity contribution >= 4 is 54.8 Å². The molecule has 1 N–H and O–H groups in total. The summed E-state index contributed by atoms with van der Waals surface area (Å²) in [6.07, 6.45) is 0. The largest absolute Gasteiger partial charge is 0.482 e. The molecule has 19 heavy (non-hydrogen) atoms. The minimum absolute atomic E-state index is 0.0839. The fourth-order valence-electron chi connectivity index (χ4n) is 1.90. The molecule has 0 saturated carbocycles. The zero-order valence-corrected chi connectivity index (χ0v) is 13.6. The van der Waals surface area contributed by atoms with Crippen LogP contribution in [0.5, 0.6) is 5.75 Å². The van der Waals surface area contributed by atoms with Gasteiger partial charge in [-0.05, 0) is 45.1 Å². The van der Waals surface area contributed by atoms with Gasteiger partial charge in [-0.1, -0.05) is 22.0 Å². The molecule has 3 nitrogen and oxygen atoms in total. The fraction of sp³-hybridized carbons (Fsp3) is 0.154.